The Morgan fingerprint density at radius 3 is 2.26 bits per heavy atom. The third-order valence-electron chi connectivity index (χ3n) is 2.79. The predicted octanol–water partition coefficient (Wildman–Crippen LogP) is 4.76. The molecule has 0 unspecified atom stereocenters. The van der Waals surface area contributed by atoms with Gasteiger partial charge in [-0.25, -0.2) is 0 Å². The molecule has 0 saturated heterocycles. The number of benzene rings is 2. The van der Waals surface area contributed by atoms with Crippen molar-refractivity contribution in [2.45, 2.75) is 13.1 Å². The highest BCUT2D eigenvalue weighted by atomic mass is 19.4. The van der Waals surface area contributed by atoms with Crippen molar-refractivity contribution in [2.24, 2.45) is 4.99 Å². The predicted molar refractivity (Wildman–Crippen MR) is 69.9 cm³/mol. The normalized spacial score (nSPS) is 12.0. The van der Waals surface area contributed by atoms with Crippen LogP contribution < -0.4 is 0 Å². The Kier molecular flexibility index (Phi) is 3.69. The molecule has 4 heteroatoms. The molecule has 0 amide bonds. The first-order chi connectivity index (χ1) is 8.98. The molecule has 0 saturated carbocycles. The molecular weight excluding hydrogens is 251 g/mol. The molecule has 2 rings (SSSR count). The molecule has 0 aliphatic carbocycles. The first kappa shape index (κ1) is 13.3. The number of rotatable bonds is 2. The summed E-state index contributed by atoms with van der Waals surface area (Å²) in [5.74, 6) is 0. The Hall–Kier alpha value is -2.10. The summed E-state index contributed by atoms with van der Waals surface area (Å²) < 4.78 is 38.2. The van der Waals surface area contributed by atoms with Crippen LogP contribution in [0.1, 0.15) is 16.7 Å². The maximum absolute atomic E-state index is 12.7. The van der Waals surface area contributed by atoms with Crippen molar-refractivity contribution >= 4 is 11.9 Å². The molecule has 0 radical (unpaired) electrons. The summed E-state index contributed by atoms with van der Waals surface area (Å²) in [6.45, 7) is 1.45. The Bertz CT molecular complexity index is 586. The zero-order valence-corrected chi connectivity index (χ0v) is 10.3. The van der Waals surface area contributed by atoms with Gasteiger partial charge in [-0.3, -0.25) is 4.99 Å². The summed E-state index contributed by atoms with van der Waals surface area (Å²) in [7, 11) is 0. The summed E-state index contributed by atoms with van der Waals surface area (Å²) in [6, 6.07) is 13.2. The van der Waals surface area contributed by atoms with Crippen LogP contribution >= 0.6 is 0 Å². The van der Waals surface area contributed by atoms with E-state index < -0.39 is 11.7 Å². The standard InChI is InChI=1S/C15H12F3N/c1-11-12(6-5-9-14(11)15(16,17)18)10-19-13-7-3-2-4-8-13/h2-10H,1H3. The molecule has 0 atom stereocenters. The molecule has 98 valence electrons. The van der Waals surface area contributed by atoms with E-state index in [9.17, 15) is 13.2 Å². The zero-order chi connectivity index (χ0) is 13.9. The molecule has 0 aromatic heterocycles. The molecule has 1 nitrogen and oxygen atoms in total. The molecule has 0 heterocycles. The summed E-state index contributed by atoms with van der Waals surface area (Å²) in [5, 5.41) is 0. The summed E-state index contributed by atoms with van der Waals surface area (Å²) in [4.78, 5) is 4.17. The van der Waals surface area contributed by atoms with Crippen LogP contribution in [0.3, 0.4) is 0 Å². The molecule has 0 aliphatic heterocycles. The monoisotopic (exact) mass is 263 g/mol. The van der Waals surface area contributed by atoms with E-state index in [0.29, 0.717) is 11.3 Å². The van der Waals surface area contributed by atoms with Gasteiger partial charge < -0.3 is 0 Å². The van der Waals surface area contributed by atoms with Crippen molar-refractivity contribution in [2.75, 3.05) is 0 Å². The van der Waals surface area contributed by atoms with Gasteiger partial charge in [0.2, 0.25) is 0 Å². The zero-order valence-electron chi connectivity index (χ0n) is 10.3. The lowest BCUT2D eigenvalue weighted by atomic mass is 10.0. The molecule has 2 aromatic carbocycles. The highest BCUT2D eigenvalue weighted by Crippen LogP contribution is 2.32. The topological polar surface area (TPSA) is 12.4 Å². The lowest BCUT2D eigenvalue weighted by Gasteiger charge is -2.11. The van der Waals surface area contributed by atoms with Crippen LogP contribution in [0, 0.1) is 6.92 Å². The molecule has 0 N–H and O–H groups in total. The van der Waals surface area contributed by atoms with Crippen molar-refractivity contribution in [3.05, 3.63) is 65.2 Å². The fourth-order valence-corrected chi connectivity index (χ4v) is 1.76. The van der Waals surface area contributed by atoms with E-state index in [1.807, 2.05) is 18.2 Å². The van der Waals surface area contributed by atoms with Gasteiger partial charge in [0, 0.05) is 6.21 Å². The van der Waals surface area contributed by atoms with E-state index >= 15 is 0 Å². The Balaban J connectivity index is 2.34. The van der Waals surface area contributed by atoms with E-state index in [-0.39, 0.29) is 5.56 Å². The molecule has 0 fully saturated rings. The summed E-state index contributed by atoms with van der Waals surface area (Å²) >= 11 is 0. The van der Waals surface area contributed by atoms with Crippen molar-refractivity contribution in [1.82, 2.24) is 0 Å². The quantitative estimate of drug-likeness (QED) is 0.692. The fraction of sp³-hybridized carbons (Fsp3) is 0.133. The van der Waals surface area contributed by atoms with Gasteiger partial charge in [-0.05, 0) is 36.2 Å². The van der Waals surface area contributed by atoms with Crippen LogP contribution in [0.4, 0.5) is 18.9 Å². The molecule has 0 spiro atoms. The van der Waals surface area contributed by atoms with Crippen molar-refractivity contribution in [1.29, 1.82) is 0 Å². The minimum absolute atomic E-state index is 0.190. The highest BCUT2D eigenvalue weighted by Gasteiger charge is 2.32. The van der Waals surface area contributed by atoms with Crippen molar-refractivity contribution in [3.8, 4) is 0 Å². The Morgan fingerprint density at radius 1 is 0.947 bits per heavy atom. The maximum atomic E-state index is 12.7. The number of hydrogen-bond acceptors (Lipinski definition) is 1. The SMILES string of the molecule is Cc1c(C=Nc2ccccc2)cccc1C(F)(F)F. The smallest absolute Gasteiger partial charge is 0.256 e. The van der Waals surface area contributed by atoms with Gasteiger partial charge in [0.15, 0.2) is 0 Å². The average Bonchev–Trinajstić information content (AvgIpc) is 2.37. The second-order valence-electron chi connectivity index (χ2n) is 4.11. The Morgan fingerprint density at radius 2 is 1.63 bits per heavy atom. The molecule has 19 heavy (non-hydrogen) atoms. The van der Waals surface area contributed by atoms with E-state index in [1.54, 1.807) is 18.2 Å². The van der Waals surface area contributed by atoms with Crippen LogP contribution in [0.25, 0.3) is 0 Å². The van der Waals surface area contributed by atoms with E-state index in [2.05, 4.69) is 4.99 Å². The number of nitrogens with zero attached hydrogens (tertiary/aromatic N) is 1. The third-order valence-corrected chi connectivity index (χ3v) is 2.79. The minimum atomic E-state index is -4.33. The van der Waals surface area contributed by atoms with Gasteiger partial charge in [0.1, 0.15) is 0 Å². The average molecular weight is 263 g/mol. The maximum Gasteiger partial charge on any atom is 0.416 e. The summed E-state index contributed by atoms with van der Waals surface area (Å²) in [6.07, 6.45) is -2.87. The lowest BCUT2D eigenvalue weighted by molar-refractivity contribution is -0.138. The van der Waals surface area contributed by atoms with Gasteiger partial charge in [-0.15, -0.1) is 0 Å². The van der Waals surface area contributed by atoms with E-state index in [4.69, 9.17) is 0 Å². The van der Waals surface area contributed by atoms with E-state index in [1.165, 1.54) is 19.2 Å². The van der Waals surface area contributed by atoms with Crippen LogP contribution in [-0.2, 0) is 6.18 Å². The van der Waals surface area contributed by atoms with Gasteiger partial charge in [-0.1, -0.05) is 30.3 Å². The number of alkyl halides is 3. The van der Waals surface area contributed by atoms with Gasteiger partial charge in [-0.2, -0.15) is 13.2 Å². The van der Waals surface area contributed by atoms with Crippen LogP contribution in [0.5, 0.6) is 0 Å². The molecule has 2 aromatic rings. The fourth-order valence-electron chi connectivity index (χ4n) is 1.76. The van der Waals surface area contributed by atoms with Gasteiger partial charge >= 0.3 is 6.18 Å². The lowest BCUT2D eigenvalue weighted by Crippen LogP contribution is -2.08. The van der Waals surface area contributed by atoms with Crippen molar-refractivity contribution in [3.63, 3.8) is 0 Å². The molecular formula is C15H12F3N. The second-order valence-corrected chi connectivity index (χ2v) is 4.11. The number of para-hydroxylation sites is 1. The highest BCUT2D eigenvalue weighted by molar-refractivity contribution is 5.84. The Labute approximate surface area is 109 Å². The number of aliphatic imine (C=N–C) groups is 1. The first-order valence-electron chi connectivity index (χ1n) is 5.74. The van der Waals surface area contributed by atoms with Crippen LogP contribution in [0.15, 0.2) is 53.5 Å². The van der Waals surface area contributed by atoms with E-state index in [0.717, 1.165) is 6.07 Å². The molecule has 0 aliphatic rings. The minimum Gasteiger partial charge on any atom is -0.256 e. The molecule has 0 bridgehead atoms. The van der Waals surface area contributed by atoms with Gasteiger partial charge in [0.05, 0.1) is 11.3 Å². The largest absolute Gasteiger partial charge is 0.416 e. The van der Waals surface area contributed by atoms with Gasteiger partial charge in [0.25, 0.3) is 0 Å². The van der Waals surface area contributed by atoms with Crippen LogP contribution in [0.2, 0.25) is 0 Å². The van der Waals surface area contributed by atoms with Crippen molar-refractivity contribution < 1.29 is 13.2 Å². The third kappa shape index (κ3) is 3.22. The number of hydrogen-bond donors (Lipinski definition) is 0. The second kappa shape index (κ2) is 5.26. The first-order valence-corrected chi connectivity index (χ1v) is 5.74. The van der Waals surface area contributed by atoms with Crippen LogP contribution in [-0.4, -0.2) is 6.21 Å². The number of halogens is 3. The summed E-state index contributed by atoms with van der Waals surface area (Å²) in [5.41, 5.74) is 0.747.